The fraction of sp³-hybridized carbons (Fsp3) is 0.118. The molecule has 0 amide bonds. The standard InChI is InChI=1S/C17H16O4S/c1-12(13-8-10-15(11-9-13)22(2,20)21)16(17(18)19)14-6-4-3-5-7-14/h3-11H,1-2H3,(H,18,19)/b16-12+. The van der Waals surface area contributed by atoms with Gasteiger partial charge in [0.15, 0.2) is 9.84 Å². The highest BCUT2D eigenvalue weighted by Crippen LogP contribution is 2.27. The van der Waals surface area contributed by atoms with Crippen LogP contribution < -0.4 is 0 Å². The van der Waals surface area contributed by atoms with Gasteiger partial charge in [-0.15, -0.1) is 0 Å². The van der Waals surface area contributed by atoms with E-state index in [9.17, 15) is 18.3 Å². The molecule has 0 unspecified atom stereocenters. The van der Waals surface area contributed by atoms with E-state index in [-0.39, 0.29) is 10.5 Å². The van der Waals surface area contributed by atoms with E-state index in [2.05, 4.69) is 0 Å². The summed E-state index contributed by atoms with van der Waals surface area (Å²) in [7, 11) is -3.27. The molecule has 0 saturated heterocycles. The van der Waals surface area contributed by atoms with Crippen molar-refractivity contribution in [3.8, 4) is 0 Å². The molecule has 2 aromatic carbocycles. The first-order valence-electron chi connectivity index (χ1n) is 6.61. The highest BCUT2D eigenvalue weighted by Gasteiger charge is 2.15. The van der Waals surface area contributed by atoms with Crippen molar-refractivity contribution >= 4 is 27.0 Å². The largest absolute Gasteiger partial charge is 0.478 e. The van der Waals surface area contributed by atoms with E-state index in [1.54, 1.807) is 43.3 Å². The predicted octanol–water partition coefficient (Wildman–Crippen LogP) is 3.11. The van der Waals surface area contributed by atoms with Crippen LogP contribution in [0.2, 0.25) is 0 Å². The lowest BCUT2D eigenvalue weighted by Gasteiger charge is -2.10. The first-order chi connectivity index (χ1) is 10.3. The molecule has 0 saturated carbocycles. The molecule has 22 heavy (non-hydrogen) atoms. The van der Waals surface area contributed by atoms with E-state index < -0.39 is 15.8 Å². The van der Waals surface area contributed by atoms with Crippen LogP contribution in [0.3, 0.4) is 0 Å². The zero-order chi connectivity index (χ0) is 16.3. The van der Waals surface area contributed by atoms with Gasteiger partial charge in [0.25, 0.3) is 0 Å². The summed E-state index contributed by atoms with van der Waals surface area (Å²) in [6.45, 7) is 1.71. The van der Waals surface area contributed by atoms with E-state index in [1.807, 2.05) is 6.07 Å². The molecule has 0 heterocycles. The van der Waals surface area contributed by atoms with Crippen LogP contribution in [-0.2, 0) is 14.6 Å². The molecule has 2 rings (SSSR count). The first kappa shape index (κ1) is 16.0. The average Bonchev–Trinajstić information content (AvgIpc) is 2.47. The number of carboxylic acids is 1. The van der Waals surface area contributed by atoms with E-state index >= 15 is 0 Å². The summed E-state index contributed by atoms with van der Waals surface area (Å²) in [5.74, 6) is -1.02. The third-order valence-electron chi connectivity index (χ3n) is 3.37. The van der Waals surface area contributed by atoms with Gasteiger partial charge in [-0.2, -0.15) is 0 Å². The van der Waals surface area contributed by atoms with E-state index in [1.165, 1.54) is 12.1 Å². The normalized spacial score (nSPS) is 12.6. The summed E-state index contributed by atoms with van der Waals surface area (Å²) in [4.78, 5) is 11.8. The molecule has 114 valence electrons. The second-order valence-corrected chi connectivity index (χ2v) is 6.98. The smallest absolute Gasteiger partial charge is 0.336 e. The fourth-order valence-electron chi connectivity index (χ4n) is 2.20. The summed E-state index contributed by atoms with van der Waals surface area (Å²) in [6, 6.07) is 15.1. The van der Waals surface area contributed by atoms with Gasteiger partial charge in [-0.3, -0.25) is 0 Å². The van der Waals surface area contributed by atoms with Gasteiger partial charge in [0, 0.05) is 6.26 Å². The van der Waals surface area contributed by atoms with Crippen molar-refractivity contribution < 1.29 is 18.3 Å². The Morgan fingerprint density at radius 1 is 0.909 bits per heavy atom. The van der Waals surface area contributed by atoms with E-state index in [0.29, 0.717) is 16.7 Å². The number of benzene rings is 2. The minimum atomic E-state index is -3.27. The van der Waals surface area contributed by atoms with Crippen LogP contribution in [0.25, 0.3) is 11.1 Å². The third kappa shape index (κ3) is 3.43. The lowest BCUT2D eigenvalue weighted by molar-refractivity contribution is -0.130. The number of aliphatic carboxylic acids is 1. The van der Waals surface area contributed by atoms with Crippen molar-refractivity contribution in [2.24, 2.45) is 0 Å². The summed E-state index contributed by atoms with van der Waals surface area (Å²) in [5, 5.41) is 9.49. The van der Waals surface area contributed by atoms with Gasteiger partial charge in [0.05, 0.1) is 10.5 Å². The molecule has 0 radical (unpaired) electrons. The molecule has 0 fully saturated rings. The van der Waals surface area contributed by atoms with E-state index in [0.717, 1.165) is 6.26 Å². The monoisotopic (exact) mass is 316 g/mol. The van der Waals surface area contributed by atoms with Crippen molar-refractivity contribution in [3.63, 3.8) is 0 Å². The Labute approximate surface area is 129 Å². The SMILES string of the molecule is C/C(=C(\C(=O)O)c1ccccc1)c1ccc(S(C)(=O)=O)cc1. The minimum absolute atomic E-state index is 0.202. The first-order valence-corrected chi connectivity index (χ1v) is 8.50. The maximum atomic E-state index is 11.6. The summed E-state index contributed by atoms with van der Waals surface area (Å²) in [6.07, 6.45) is 1.14. The number of carbonyl (C=O) groups is 1. The molecule has 4 nitrogen and oxygen atoms in total. The molecule has 0 aromatic heterocycles. The minimum Gasteiger partial charge on any atom is -0.478 e. The zero-order valence-corrected chi connectivity index (χ0v) is 13.1. The maximum absolute atomic E-state index is 11.6. The predicted molar refractivity (Wildman–Crippen MR) is 86.1 cm³/mol. The second-order valence-electron chi connectivity index (χ2n) is 4.97. The Balaban J connectivity index is 2.55. The van der Waals surface area contributed by atoms with Crippen molar-refractivity contribution in [3.05, 3.63) is 65.7 Å². The van der Waals surface area contributed by atoms with Crippen LogP contribution in [0, 0.1) is 0 Å². The Hall–Kier alpha value is -2.40. The number of hydrogen-bond acceptors (Lipinski definition) is 3. The maximum Gasteiger partial charge on any atom is 0.336 e. The lowest BCUT2D eigenvalue weighted by atomic mass is 9.96. The number of hydrogen-bond donors (Lipinski definition) is 1. The van der Waals surface area contributed by atoms with Crippen LogP contribution in [0.4, 0.5) is 0 Å². The average molecular weight is 316 g/mol. The molecule has 0 atom stereocenters. The lowest BCUT2D eigenvalue weighted by Crippen LogP contribution is -2.03. The number of rotatable bonds is 4. The molecular weight excluding hydrogens is 300 g/mol. The molecule has 0 bridgehead atoms. The molecule has 2 aromatic rings. The van der Waals surface area contributed by atoms with Gasteiger partial charge >= 0.3 is 5.97 Å². The van der Waals surface area contributed by atoms with Crippen molar-refractivity contribution in [2.75, 3.05) is 6.26 Å². The highest BCUT2D eigenvalue weighted by molar-refractivity contribution is 7.90. The Morgan fingerprint density at radius 2 is 1.45 bits per heavy atom. The van der Waals surface area contributed by atoms with Crippen molar-refractivity contribution in [1.82, 2.24) is 0 Å². The number of allylic oxidation sites excluding steroid dienone is 1. The van der Waals surface area contributed by atoms with Gasteiger partial charge in [-0.1, -0.05) is 42.5 Å². The van der Waals surface area contributed by atoms with Crippen LogP contribution in [0.1, 0.15) is 18.1 Å². The third-order valence-corrected chi connectivity index (χ3v) is 4.50. The van der Waals surface area contributed by atoms with Crippen molar-refractivity contribution in [2.45, 2.75) is 11.8 Å². The molecule has 0 aliphatic rings. The Morgan fingerprint density at radius 3 is 1.91 bits per heavy atom. The summed E-state index contributed by atoms with van der Waals surface area (Å²) < 4.78 is 22.9. The number of sulfone groups is 1. The van der Waals surface area contributed by atoms with E-state index in [4.69, 9.17) is 0 Å². The fourth-order valence-corrected chi connectivity index (χ4v) is 2.83. The zero-order valence-electron chi connectivity index (χ0n) is 12.3. The van der Waals surface area contributed by atoms with Crippen LogP contribution in [0.5, 0.6) is 0 Å². The molecule has 0 aliphatic heterocycles. The molecular formula is C17H16O4S. The topological polar surface area (TPSA) is 71.4 Å². The van der Waals surface area contributed by atoms with Crippen LogP contribution >= 0.6 is 0 Å². The summed E-state index contributed by atoms with van der Waals surface area (Å²) >= 11 is 0. The van der Waals surface area contributed by atoms with Gasteiger partial charge in [-0.05, 0) is 35.8 Å². The van der Waals surface area contributed by atoms with Crippen LogP contribution in [0.15, 0.2) is 59.5 Å². The van der Waals surface area contributed by atoms with Crippen LogP contribution in [-0.4, -0.2) is 25.7 Å². The van der Waals surface area contributed by atoms with Gasteiger partial charge in [0.2, 0.25) is 0 Å². The Bertz CT molecular complexity index is 817. The van der Waals surface area contributed by atoms with Gasteiger partial charge in [0.1, 0.15) is 0 Å². The van der Waals surface area contributed by atoms with Crippen molar-refractivity contribution in [1.29, 1.82) is 0 Å². The van der Waals surface area contributed by atoms with Gasteiger partial charge < -0.3 is 5.11 Å². The molecule has 0 aliphatic carbocycles. The molecule has 1 N–H and O–H groups in total. The molecule has 0 spiro atoms. The highest BCUT2D eigenvalue weighted by atomic mass is 32.2. The second kappa shape index (κ2) is 6.15. The Kier molecular flexibility index (Phi) is 4.47. The number of carboxylic acid groups (broad SMARTS) is 1. The summed E-state index contributed by atoms with van der Waals surface area (Å²) in [5.41, 5.74) is 2.07. The quantitative estimate of drug-likeness (QED) is 0.695. The van der Waals surface area contributed by atoms with Gasteiger partial charge in [-0.25, -0.2) is 13.2 Å². The molecule has 5 heteroatoms.